The first-order chi connectivity index (χ1) is 15.2. The summed E-state index contributed by atoms with van der Waals surface area (Å²) in [4.78, 5) is 16.2. The van der Waals surface area contributed by atoms with E-state index in [1.807, 2.05) is 6.20 Å². The van der Waals surface area contributed by atoms with E-state index in [-0.39, 0.29) is 0 Å². The highest BCUT2D eigenvalue weighted by Crippen LogP contribution is 2.31. The van der Waals surface area contributed by atoms with Crippen molar-refractivity contribution < 1.29 is 0 Å². The van der Waals surface area contributed by atoms with Gasteiger partial charge >= 0.3 is 0 Å². The van der Waals surface area contributed by atoms with Crippen molar-refractivity contribution in [2.24, 2.45) is 0 Å². The molecule has 0 radical (unpaired) electrons. The van der Waals surface area contributed by atoms with Crippen LogP contribution in [0.2, 0.25) is 5.02 Å². The van der Waals surface area contributed by atoms with Crippen molar-refractivity contribution in [3.63, 3.8) is 0 Å². The number of benzene rings is 1. The first-order valence-electron chi connectivity index (χ1n) is 11.3. The lowest BCUT2D eigenvalue weighted by atomic mass is 10.0. The summed E-state index contributed by atoms with van der Waals surface area (Å²) in [5, 5.41) is 8.87. The van der Waals surface area contributed by atoms with Gasteiger partial charge in [0.2, 0.25) is 0 Å². The number of hydrogen-bond donors (Lipinski definition) is 1. The molecule has 8 heteroatoms. The Kier molecular flexibility index (Phi) is 5.96. The van der Waals surface area contributed by atoms with E-state index in [9.17, 15) is 0 Å². The molecule has 2 saturated heterocycles. The number of rotatable bonds is 6. The standard InChI is InChI=1S/C23H30ClN7/c1-17-18(5-4-8-29-6-2-3-7-29)13-19(24)14-21(17)30-9-11-31(12-10-30)23-20-15-27-28-22(20)25-16-26-23/h13-16H,2-12H2,1H3,(H,25,26,27,28). The Bertz CT molecular complexity index is 1040. The van der Waals surface area contributed by atoms with Crippen LogP contribution in [0.4, 0.5) is 11.5 Å². The van der Waals surface area contributed by atoms with Crippen LogP contribution in [0.5, 0.6) is 0 Å². The van der Waals surface area contributed by atoms with Gasteiger partial charge in [0.1, 0.15) is 12.1 Å². The molecule has 2 aromatic heterocycles. The van der Waals surface area contributed by atoms with Gasteiger partial charge in [-0.25, -0.2) is 9.97 Å². The Morgan fingerprint density at radius 2 is 1.77 bits per heavy atom. The van der Waals surface area contributed by atoms with Crippen LogP contribution < -0.4 is 9.80 Å². The van der Waals surface area contributed by atoms with E-state index in [4.69, 9.17) is 11.6 Å². The summed E-state index contributed by atoms with van der Waals surface area (Å²) in [6.07, 6.45) is 8.42. The van der Waals surface area contributed by atoms with Crippen molar-refractivity contribution in [2.75, 3.05) is 55.6 Å². The van der Waals surface area contributed by atoms with E-state index in [1.165, 1.54) is 55.7 Å². The van der Waals surface area contributed by atoms with Gasteiger partial charge in [0, 0.05) is 36.9 Å². The molecule has 0 saturated carbocycles. The van der Waals surface area contributed by atoms with Crippen molar-refractivity contribution in [2.45, 2.75) is 32.6 Å². The molecular formula is C23H30ClN7. The van der Waals surface area contributed by atoms with Crippen LogP contribution in [-0.2, 0) is 6.42 Å². The Morgan fingerprint density at radius 1 is 1.00 bits per heavy atom. The molecule has 31 heavy (non-hydrogen) atoms. The molecule has 7 nitrogen and oxygen atoms in total. The minimum Gasteiger partial charge on any atom is -0.368 e. The summed E-state index contributed by atoms with van der Waals surface area (Å²) in [6, 6.07) is 4.30. The Morgan fingerprint density at radius 3 is 2.58 bits per heavy atom. The van der Waals surface area contributed by atoms with Crippen LogP contribution in [0.25, 0.3) is 11.0 Å². The topological polar surface area (TPSA) is 64.2 Å². The first kappa shape index (κ1) is 20.5. The molecule has 0 unspecified atom stereocenters. The lowest BCUT2D eigenvalue weighted by Crippen LogP contribution is -2.47. The Labute approximate surface area is 188 Å². The van der Waals surface area contributed by atoms with Crippen LogP contribution in [0.15, 0.2) is 24.7 Å². The highest BCUT2D eigenvalue weighted by Gasteiger charge is 2.22. The number of aryl methyl sites for hydroxylation is 1. The predicted molar refractivity (Wildman–Crippen MR) is 126 cm³/mol. The van der Waals surface area contributed by atoms with E-state index in [0.717, 1.165) is 54.5 Å². The maximum atomic E-state index is 6.55. The second-order valence-corrected chi connectivity index (χ2v) is 9.10. The fourth-order valence-electron chi connectivity index (χ4n) is 4.97. The number of H-pyrrole nitrogens is 1. The summed E-state index contributed by atoms with van der Waals surface area (Å²) in [6.45, 7) is 9.68. The van der Waals surface area contributed by atoms with Crippen LogP contribution in [-0.4, -0.2) is 70.9 Å². The molecular weight excluding hydrogens is 410 g/mol. The predicted octanol–water partition coefficient (Wildman–Crippen LogP) is 3.67. The molecule has 4 heterocycles. The SMILES string of the molecule is Cc1c(CCCN2CCCC2)cc(Cl)cc1N1CCN(c2ncnc3[nH]ncc23)CC1. The van der Waals surface area contributed by atoms with Crippen molar-refractivity contribution in [1.29, 1.82) is 0 Å². The molecule has 1 aromatic carbocycles. The minimum absolute atomic E-state index is 0.789. The van der Waals surface area contributed by atoms with Crippen LogP contribution in [0.1, 0.15) is 30.4 Å². The van der Waals surface area contributed by atoms with E-state index >= 15 is 0 Å². The molecule has 0 aliphatic carbocycles. The zero-order valence-electron chi connectivity index (χ0n) is 18.1. The minimum atomic E-state index is 0.789. The van der Waals surface area contributed by atoms with Gasteiger partial charge in [0.25, 0.3) is 0 Å². The summed E-state index contributed by atoms with van der Waals surface area (Å²) >= 11 is 6.55. The molecule has 3 aromatic rings. The lowest BCUT2D eigenvalue weighted by Gasteiger charge is -2.38. The third kappa shape index (κ3) is 4.34. The van der Waals surface area contributed by atoms with Crippen LogP contribution in [0, 0.1) is 6.92 Å². The van der Waals surface area contributed by atoms with Crippen molar-refractivity contribution in [1.82, 2.24) is 25.1 Å². The van der Waals surface area contributed by atoms with Gasteiger partial charge in [-0.15, -0.1) is 0 Å². The average Bonchev–Trinajstić information content (AvgIpc) is 3.48. The zero-order chi connectivity index (χ0) is 21.2. The number of nitrogens with one attached hydrogen (secondary N) is 1. The third-order valence-corrected chi connectivity index (χ3v) is 6.94. The quantitative estimate of drug-likeness (QED) is 0.632. The number of aromatic amines is 1. The maximum absolute atomic E-state index is 6.55. The van der Waals surface area contributed by atoms with Gasteiger partial charge in [-0.05, 0) is 75.5 Å². The zero-order valence-corrected chi connectivity index (χ0v) is 18.9. The normalized spacial score (nSPS) is 17.7. The number of hydrogen-bond acceptors (Lipinski definition) is 6. The second kappa shape index (κ2) is 9.01. The molecule has 2 aliphatic rings. The monoisotopic (exact) mass is 439 g/mol. The Hall–Kier alpha value is -2.38. The van der Waals surface area contributed by atoms with Gasteiger partial charge in [-0.3, -0.25) is 5.10 Å². The number of nitrogens with zero attached hydrogens (tertiary/aromatic N) is 6. The van der Waals surface area contributed by atoms with Crippen molar-refractivity contribution >= 4 is 34.1 Å². The summed E-state index contributed by atoms with van der Waals surface area (Å²) < 4.78 is 0. The highest BCUT2D eigenvalue weighted by atomic mass is 35.5. The van der Waals surface area contributed by atoms with E-state index in [2.05, 4.69) is 53.9 Å². The van der Waals surface area contributed by atoms with Crippen molar-refractivity contribution in [3.05, 3.63) is 40.8 Å². The smallest absolute Gasteiger partial charge is 0.160 e. The highest BCUT2D eigenvalue weighted by molar-refractivity contribution is 6.31. The number of likely N-dealkylation sites (tertiary alicyclic amines) is 1. The second-order valence-electron chi connectivity index (χ2n) is 8.66. The summed E-state index contributed by atoms with van der Waals surface area (Å²) in [7, 11) is 0. The average molecular weight is 440 g/mol. The van der Waals surface area contributed by atoms with Crippen LogP contribution >= 0.6 is 11.6 Å². The van der Waals surface area contributed by atoms with Gasteiger partial charge in [-0.2, -0.15) is 5.10 Å². The molecule has 0 amide bonds. The molecule has 164 valence electrons. The number of piperazine rings is 1. The number of anilines is 2. The largest absolute Gasteiger partial charge is 0.368 e. The van der Waals surface area contributed by atoms with Crippen molar-refractivity contribution in [3.8, 4) is 0 Å². The van der Waals surface area contributed by atoms with E-state index in [0.29, 0.717) is 0 Å². The van der Waals surface area contributed by atoms with Gasteiger partial charge in [0.05, 0.1) is 11.6 Å². The van der Waals surface area contributed by atoms with Gasteiger partial charge < -0.3 is 14.7 Å². The molecule has 0 atom stereocenters. The molecule has 0 spiro atoms. The molecule has 2 fully saturated rings. The van der Waals surface area contributed by atoms with E-state index in [1.54, 1.807) is 6.33 Å². The summed E-state index contributed by atoms with van der Waals surface area (Å²) in [5.41, 5.74) is 4.83. The van der Waals surface area contributed by atoms with E-state index < -0.39 is 0 Å². The number of halogens is 1. The number of aromatic nitrogens is 4. The van der Waals surface area contributed by atoms with Gasteiger partial charge in [0.15, 0.2) is 5.65 Å². The fraction of sp³-hybridized carbons (Fsp3) is 0.522. The van der Waals surface area contributed by atoms with Gasteiger partial charge in [-0.1, -0.05) is 11.6 Å². The number of fused-ring (bicyclic) bond motifs is 1. The fourth-order valence-corrected chi connectivity index (χ4v) is 5.21. The molecule has 1 N–H and O–H groups in total. The summed E-state index contributed by atoms with van der Waals surface area (Å²) in [5.74, 6) is 0.962. The molecule has 2 aliphatic heterocycles. The first-order valence-corrected chi connectivity index (χ1v) is 11.7. The lowest BCUT2D eigenvalue weighted by molar-refractivity contribution is 0.334. The Balaban J connectivity index is 1.26. The third-order valence-electron chi connectivity index (χ3n) is 6.72. The maximum Gasteiger partial charge on any atom is 0.160 e. The molecule has 5 rings (SSSR count). The molecule has 0 bridgehead atoms. The van der Waals surface area contributed by atoms with Crippen LogP contribution in [0.3, 0.4) is 0 Å².